The van der Waals surface area contributed by atoms with Gasteiger partial charge in [0.2, 0.25) is 0 Å². The second-order valence-corrected chi connectivity index (χ2v) is 4.37. The van der Waals surface area contributed by atoms with E-state index in [1.807, 2.05) is 0 Å². The Labute approximate surface area is 115 Å². The van der Waals surface area contributed by atoms with E-state index in [-0.39, 0.29) is 11.5 Å². The third-order valence-corrected chi connectivity index (χ3v) is 2.85. The van der Waals surface area contributed by atoms with Crippen LogP contribution in [0.15, 0.2) is 30.5 Å². The molecule has 1 aromatic carbocycles. The summed E-state index contributed by atoms with van der Waals surface area (Å²) >= 11 is 0. The second kappa shape index (κ2) is 6.25. The number of carbonyl (C=O) groups is 1. The molecule has 1 aromatic heterocycles. The van der Waals surface area contributed by atoms with Crippen molar-refractivity contribution in [2.45, 2.75) is 19.5 Å². The van der Waals surface area contributed by atoms with Crippen LogP contribution in [-0.2, 0) is 6.54 Å². The number of halogens is 1. The van der Waals surface area contributed by atoms with Gasteiger partial charge >= 0.3 is 0 Å². The summed E-state index contributed by atoms with van der Waals surface area (Å²) in [4.78, 5) is 12.0. The maximum absolute atomic E-state index is 13.6. The van der Waals surface area contributed by atoms with E-state index in [2.05, 4.69) is 15.6 Å². The van der Waals surface area contributed by atoms with E-state index in [1.165, 1.54) is 16.9 Å². The van der Waals surface area contributed by atoms with Gasteiger partial charge in [-0.25, -0.2) is 4.39 Å². The molecule has 0 unspecified atom stereocenters. The standard InChI is InChI=1S/C13H16FN5O/c1-9(10-4-2-3-5-11(10)14)16-13(20)12-8-19(7-6-15)18-17-12/h2-5,8-9H,6-7,15H2,1H3,(H,16,20)/t9-/m1/s1. The number of hydrogen-bond donors (Lipinski definition) is 2. The predicted octanol–water partition coefficient (Wildman–Crippen LogP) is 0.867. The van der Waals surface area contributed by atoms with Crippen molar-refractivity contribution >= 4 is 5.91 Å². The maximum Gasteiger partial charge on any atom is 0.273 e. The van der Waals surface area contributed by atoms with E-state index in [4.69, 9.17) is 5.73 Å². The van der Waals surface area contributed by atoms with E-state index < -0.39 is 11.9 Å². The van der Waals surface area contributed by atoms with E-state index in [1.54, 1.807) is 25.1 Å². The molecule has 1 heterocycles. The Bertz CT molecular complexity index is 598. The highest BCUT2D eigenvalue weighted by Gasteiger charge is 2.16. The molecule has 1 atom stereocenters. The normalized spacial score (nSPS) is 12.2. The molecule has 106 valence electrons. The summed E-state index contributed by atoms with van der Waals surface area (Å²) < 4.78 is 15.1. The van der Waals surface area contributed by atoms with Gasteiger partial charge in [-0.05, 0) is 13.0 Å². The molecule has 0 bridgehead atoms. The van der Waals surface area contributed by atoms with E-state index in [0.717, 1.165) is 0 Å². The third-order valence-electron chi connectivity index (χ3n) is 2.85. The Morgan fingerprint density at radius 3 is 2.95 bits per heavy atom. The van der Waals surface area contributed by atoms with Crippen molar-refractivity contribution < 1.29 is 9.18 Å². The summed E-state index contributed by atoms with van der Waals surface area (Å²) in [5.41, 5.74) is 6.00. The molecular weight excluding hydrogens is 261 g/mol. The molecule has 0 saturated heterocycles. The van der Waals surface area contributed by atoms with Crippen LogP contribution in [0.3, 0.4) is 0 Å². The quantitative estimate of drug-likeness (QED) is 0.849. The van der Waals surface area contributed by atoms with Crippen LogP contribution in [0.2, 0.25) is 0 Å². The van der Waals surface area contributed by atoms with Crippen molar-refractivity contribution in [3.8, 4) is 0 Å². The lowest BCUT2D eigenvalue weighted by Crippen LogP contribution is -2.27. The fourth-order valence-corrected chi connectivity index (χ4v) is 1.82. The molecule has 0 aliphatic heterocycles. The van der Waals surface area contributed by atoms with Gasteiger partial charge in [-0.2, -0.15) is 0 Å². The first-order chi connectivity index (χ1) is 9.61. The average molecular weight is 277 g/mol. The number of nitrogens with two attached hydrogens (primary N) is 1. The lowest BCUT2D eigenvalue weighted by molar-refractivity contribution is 0.0934. The minimum absolute atomic E-state index is 0.182. The molecule has 2 rings (SSSR count). The number of amides is 1. The number of nitrogens with zero attached hydrogens (tertiary/aromatic N) is 3. The molecule has 2 aromatic rings. The van der Waals surface area contributed by atoms with Gasteiger partial charge in [-0.15, -0.1) is 5.10 Å². The number of benzene rings is 1. The summed E-state index contributed by atoms with van der Waals surface area (Å²) in [5, 5.41) is 10.2. The number of hydrogen-bond acceptors (Lipinski definition) is 4. The topological polar surface area (TPSA) is 85.8 Å². The van der Waals surface area contributed by atoms with E-state index in [9.17, 15) is 9.18 Å². The molecule has 7 heteroatoms. The van der Waals surface area contributed by atoms with Crippen LogP contribution in [0.25, 0.3) is 0 Å². The van der Waals surface area contributed by atoms with Gasteiger partial charge in [0.05, 0.1) is 18.8 Å². The molecule has 1 amide bonds. The Kier molecular flexibility index (Phi) is 4.41. The van der Waals surface area contributed by atoms with Gasteiger partial charge in [0.1, 0.15) is 5.82 Å². The summed E-state index contributed by atoms with van der Waals surface area (Å²) in [6, 6.07) is 5.86. The van der Waals surface area contributed by atoms with Crippen LogP contribution in [0, 0.1) is 5.82 Å². The minimum atomic E-state index is -0.455. The summed E-state index contributed by atoms with van der Waals surface area (Å²) in [7, 11) is 0. The van der Waals surface area contributed by atoms with Gasteiger partial charge < -0.3 is 11.1 Å². The largest absolute Gasteiger partial charge is 0.344 e. The smallest absolute Gasteiger partial charge is 0.273 e. The van der Waals surface area contributed by atoms with Crippen molar-refractivity contribution in [2.75, 3.05) is 6.54 Å². The second-order valence-electron chi connectivity index (χ2n) is 4.37. The number of rotatable bonds is 5. The zero-order valence-corrected chi connectivity index (χ0v) is 11.1. The van der Waals surface area contributed by atoms with Gasteiger partial charge in [-0.1, -0.05) is 23.4 Å². The van der Waals surface area contributed by atoms with Crippen molar-refractivity contribution in [2.24, 2.45) is 5.73 Å². The highest BCUT2D eigenvalue weighted by Crippen LogP contribution is 2.16. The summed E-state index contributed by atoms with van der Waals surface area (Å²) in [6.07, 6.45) is 1.51. The zero-order valence-electron chi connectivity index (χ0n) is 11.1. The van der Waals surface area contributed by atoms with Crippen molar-refractivity contribution in [3.63, 3.8) is 0 Å². The molecule has 0 radical (unpaired) electrons. The number of aromatic nitrogens is 3. The monoisotopic (exact) mass is 277 g/mol. The number of carbonyl (C=O) groups excluding carboxylic acids is 1. The third kappa shape index (κ3) is 3.18. The first kappa shape index (κ1) is 14.1. The summed E-state index contributed by atoms with van der Waals surface area (Å²) in [5.74, 6) is -0.754. The first-order valence-corrected chi connectivity index (χ1v) is 6.27. The molecule has 3 N–H and O–H groups in total. The van der Waals surface area contributed by atoms with E-state index in [0.29, 0.717) is 18.7 Å². The van der Waals surface area contributed by atoms with Crippen molar-refractivity contribution in [1.82, 2.24) is 20.3 Å². The van der Waals surface area contributed by atoms with Crippen LogP contribution in [0.4, 0.5) is 4.39 Å². The van der Waals surface area contributed by atoms with E-state index >= 15 is 0 Å². The van der Waals surface area contributed by atoms with Crippen LogP contribution in [0.5, 0.6) is 0 Å². The Morgan fingerprint density at radius 2 is 2.25 bits per heavy atom. The molecule has 0 fully saturated rings. The Morgan fingerprint density at radius 1 is 1.50 bits per heavy atom. The van der Waals surface area contributed by atoms with Gasteiger partial charge in [-0.3, -0.25) is 9.48 Å². The van der Waals surface area contributed by atoms with Gasteiger partial charge in [0.15, 0.2) is 5.69 Å². The average Bonchev–Trinajstić information content (AvgIpc) is 2.88. The Hall–Kier alpha value is -2.28. The molecule has 0 aliphatic carbocycles. The van der Waals surface area contributed by atoms with Crippen LogP contribution >= 0.6 is 0 Å². The summed E-state index contributed by atoms with van der Waals surface area (Å²) in [6.45, 7) is 2.61. The minimum Gasteiger partial charge on any atom is -0.344 e. The SMILES string of the molecule is C[C@@H](NC(=O)c1cn(CCN)nn1)c1ccccc1F. The van der Waals surface area contributed by atoms with Crippen LogP contribution in [-0.4, -0.2) is 27.4 Å². The van der Waals surface area contributed by atoms with Crippen molar-refractivity contribution in [3.05, 3.63) is 47.5 Å². The lowest BCUT2D eigenvalue weighted by atomic mass is 10.1. The molecule has 20 heavy (non-hydrogen) atoms. The molecule has 0 saturated carbocycles. The molecule has 0 spiro atoms. The van der Waals surface area contributed by atoms with Crippen molar-refractivity contribution in [1.29, 1.82) is 0 Å². The first-order valence-electron chi connectivity index (χ1n) is 6.27. The number of nitrogens with one attached hydrogen (secondary N) is 1. The predicted molar refractivity (Wildman–Crippen MR) is 71.4 cm³/mol. The highest BCUT2D eigenvalue weighted by molar-refractivity contribution is 5.92. The van der Waals surface area contributed by atoms with Crippen LogP contribution < -0.4 is 11.1 Å². The fraction of sp³-hybridized carbons (Fsp3) is 0.308. The molecule has 0 aliphatic rings. The maximum atomic E-state index is 13.6. The van der Waals surface area contributed by atoms with Gasteiger partial charge in [0, 0.05) is 12.1 Å². The lowest BCUT2D eigenvalue weighted by Gasteiger charge is -2.13. The highest BCUT2D eigenvalue weighted by atomic mass is 19.1. The molecular formula is C13H16FN5O. The van der Waals surface area contributed by atoms with Crippen LogP contribution in [0.1, 0.15) is 29.0 Å². The fourth-order valence-electron chi connectivity index (χ4n) is 1.82. The Balaban J connectivity index is 2.05. The zero-order chi connectivity index (χ0) is 14.5. The molecule has 6 nitrogen and oxygen atoms in total. The van der Waals surface area contributed by atoms with Gasteiger partial charge in [0.25, 0.3) is 5.91 Å².